The molecule has 3 aromatic rings. The molecule has 5 heteroatoms. The molecule has 0 aromatic carbocycles. The van der Waals surface area contributed by atoms with E-state index in [2.05, 4.69) is 44.3 Å². The van der Waals surface area contributed by atoms with Crippen molar-refractivity contribution in [1.29, 1.82) is 0 Å². The highest BCUT2D eigenvalue weighted by molar-refractivity contribution is 5.86. The van der Waals surface area contributed by atoms with Gasteiger partial charge in [-0.1, -0.05) is 37.3 Å². The summed E-state index contributed by atoms with van der Waals surface area (Å²) in [6.45, 7) is 22.3. The van der Waals surface area contributed by atoms with Crippen molar-refractivity contribution in [3.8, 4) is 0 Å². The second-order valence-electron chi connectivity index (χ2n) is 10.4. The van der Waals surface area contributed by atoms with E-state index in [4.69, 9.17) is 9.97 Å². The zero-order chi connectivity index (χ0) is 26.6. The van der Waals surface area contributed by atoms with Crippen LogP contribution in [0.25, 0.3) is 22.8 Å². The van der Waals surface area contributed by atoms with Crippen LogP contribution in [0.5, 0.6) is 0 Å². The Morgan fingerprint density at radius 1 is 1.14 bits per heavy atom. The third kappa shape index (κ3) is 5.67. The maximum Gasteiger partial charge on any atom is 0.165 e. The van der Waals surface area contributed by atoms with E-state index >= 15 is 0 Å². The van der Waals surface area contributed by atoms with Crippen molar-refractivity contribution in [1.82, 2.24) is 19.6 Å². The maximum absolute atomic E-state index is 10.1. The molecule has 0 saturated heterocycles. The summed E-state index contributed by atoms with van der Waals surface area (Å²) in [5.41, 5.74) is 6.35. The van der Waals surface area contributed by atoms with E-state index in [0.717, 1.165) is 53.0 Å². The number of hydrogen-bond donors (Lipinski definition) is 1. The molecule has 1 aliphatic carbocycles. The number of pyridine rings is 1. The Hall–Kier alpha value is -3.05. The summed E-state index contributed by atoms with van der Waals surface area (Å²) in [6.07, 6.45) is 14.9. The Morgan fingerprint density at radius 3 is 2.36 bits per heavy atom. The van der Waals surface area contributed by atoms with Gasteiger partial charge in [0.1, 0.15) is 0 Å². The largest absolute Gasteiger partial charge is 0.390 e. The minimum atomic E-state index is -0.515. The highest BCUT2D eigenvalue weighted by atomic mass is 16.3. The predicted octanol–water partition coefficient (Wildman–Crippen LogP) is 7.44. The van der Waals surface area contributed by atoms with Crippen LogP contribution in [-0.4, -0.2) is 30.3 Å². The van der Waals surface area contributed by atoms with Gasteiger partial charge < -0.3 is 5.11 Å². The second kappa shape index (κ2) is 11.3. The van der Waals surface area contributed by atoms with Gasteiger partial charge in [-0.2, -0.15) is 9.61 Å². The quantitative estimate of drug-likeness (QED) is 0.352. The summed E-state index contributed by atoms with van der Waals surface area (Å²) >= 11 is 0. The van der Waals surface area contributed by atoms with Crippen LogP contribution >= 0.6 is 0 Å². The maximum atomic E-state index is 10.1. The highest BCUT2D eigenvalue weighted by Gasteiger charge is 2.41. The Labute approximate surface area is 216 Å². The van der Waals surface area contributed by atoms with Crippen molar-refractivity contribution in [2.75, 3.05) is 0 Å². The van der Waals surface area contributed by atoms with Crippen molar-refractivity contribution in [2.24, 2.45) is 11.8 Å². The number of aliphatic hydroxyl groups is 1. The standard InChI is InChI=1S/C27H34N4O.C4H8/c1-8-16(3)24-18(5)25-19(6)28-23-13-17(4)30-31(23)26(25)29-22(24)12-10-11-20(9-2)21-14-27(7,32)15-21;1-3-4-2/h8-10,12-13,16,20-21,32H,1-2,11,14-15H2,3-7H3;3-4H,1-2H3/b12-10+;4-3-. The molecule has 0 amide bonds. The molecule has 4 rings (SSSR count). The molecular formula is C31H42N4O. The lowest BCUT2D eigenvalue weighted by atomic mass is 9.65. The Balaban J connectivity index is 0.000000840. The van der Waals surface area contributed by atoms with Gasteiger partial charge in [0.15, 0.2) is 11.3 Å². The molecule has 1 N–H and O–H groups in total. The number of hydrogen-bond acceptors (Lipinski definition) is 4. The zero-order valence-corrected chi connectivity index (χ0v) is 23.0. The lowest BCUT2D eigenvalue weighted by molar-refractivity contribution is -0.0694. The number of allylic oxidation sites excluding steroid dienone is 5. The van der Waals surface area contributed by atoms with E-state index in [0.29, 0.717) is 11.8 Å². The van der Waals surface area contributed by atoms with E-state index < -0.39 is 5.60 Å². The second-order valence-corrected chi connectivity index (χ2v) is 10.4. The number of aromatic nitrogens is 4. The molecule has 0 bridgehead atoms. The molecule has 3 aromatic heterocycles. The molecule has 192 valence electrons. The molecule has 1 fully saturated rings. The van der Waals surface area contributed by atoms with Gasteiger partial charge in [-0.05, 0) is 89.8 Å². The number of fused-ring (bicyclic) bond motifs is 3. The van der Waals surface area contributed by atoms with E-state index in [1.165, 1.54) is 11.1 Å². The van der Waals surface area contributed by atoms with Gasteiger partial charge in [-0.3, -0.25) is 0 Å². The molecule has 0 radical (unpaired) electrons. The van der Waals surface area contributed by atoms with Gasteiger partial charge >= 0.3 is 0 Å². The lowest BCUT2D eigenvalue weighted by Crippen LogP contribution is -2.43. The summed E-state index contributed by atoms with van der Waals surface area (Å²) in [7, 11) is 0. The van der Waals surface area contributed by atoms with Crippen LogP contribution in [0.1, 0.15) is 81.1 Å². The smallest absolute Gasteiger partial charge is 0.165 e. The zero-order valence-electron chi connectivity index (χ0n) is 23.0. The fourth-order valence-electron chi connectivity index (χ4n) is 5.27. The van der Waals surface area contributed by atoms with Crippen LogP contribution in [0.3, 0.4) is 0 Å². The van der Waals surface area contributed by atoms with Crippen LogP contribution in [0.2, 0.25) is 0 Å². The summed E-state index contributed by atoms with van der Waals surface area (Å²) in [5, 5.41) is 15.8. The van der Waals surface area contributed by atoms with E-state index in [1.807, 2.05) is 69.5 Å². The molecule has 0 spiro atoms. The van der Waals surface area contributed by atoms with Gasteiger partial charge in [0, 0.05) is 17.4 Å². The van der Waals surface area contributed by atoms with Crippen molar-refractivity contribution in [2.45, 2.75) is 79.2 Å². The first-order chi connectivity index (χ1) is 17.1. The monoisotopic (exact) mass is 486 g/mol. The predicted molar refractivity (Wildman–Crippen MR) is 152 cm³/mol. The third-order valence-corrected chi connectivity index (χ3v) is 7.30. The van der Waals surface area contributed by atoms with Crippen LogP contribution in [-0.2, 0) is 0 Å². The SMILES string of the molecule is C/C=C\C.C=CC(C)c1c(/C=C/CC(C=C)C2CC(C)(O)C2)nc2c(c(C)nc3cc(C)nn32)c1C. The van der Waals surface area contributed by atoms with Crippen LogP contribution in [0, 0.1) is 32.6 Å². The Kier molecular flexibility index (Phi) is 8.67. The fourth-order valence-corrected chi connectivity index (χ4v) is 5.27. The first-order valence-electron chi connectivity index (χ1n) is 12.9. The van der Waals surface area contributed by atoms with E-state index in [9.17, 15) is 5.11 Å². The average molecular weight is 487 g/mol. The summed E-state index contributed by atoms with van der Waals surface area (Å²) in [4.78, 5) is 9.86. The molecule has 5 nitrogen and oxygen atoms in total. The minimum absolute atomic E-state index is 0.165. The van der Waals surface area contributed by atoms with Gasteiger partial charge in [-0.25, -0.2) is 9.97 Å². The van der Waals surface area contributed by atoms with Crippen molar-refractivity contribution in [3.05, 3.63) is 77.8 Å². The number of aryl methyl sites for hydroxylation is 3. The van der Waals surface area contributed by atoms with Gasteiger partial charge in [0.25, 0.3) is 0 Å². The molecule has 3 heterocycles. The summed E-state index contributed by atoms with van der Waals surface area (Å²) in [6, 6.07) is 1.99. The van der Waals surface area contributed by atoms with Crippen molar-refractivity contribution in [3.63, 3.8) is 0 Å². The fraction of sp³-hybridized carbons (Fsp3) is 0.452. The third-order valence-electron chi connectivity index (χ3n) is 7.30. The van der Waals surface area contributed by atoms with Gasteiger partial charge in [-0.15, -0.1) is 13.2 Å². The van der Waals surface area contributed by atoms with Crippen LogP contribution in [0.4, 0.5) is 0 Å². The molecule has 1 aliphatic rings. The van der Waals surface area contributed by atoms with Gasteiger partial charge in [0.05, 0.1) is 22.7 Å². The molecular weight excluding hydrogens is 444 g/mol. The van der Waals surface area contributed by atoms with Crippen LogP contribution in [0.15, 0.2) is 49.6 Å². The molecule has 0 aliphatic heterocycles. The van der Waals surface area contributed by atoms with E-state index in [-0.39, 0.29) is 5.92 Å². The Morgan fingerprint density at radius 2 is 1.81 bits per heavy atom. The molecule has 1 saturated carbocycles. The number of rotatable bonds is 7. The van der Waals surface area contributed by atoms with Gasteiger partial charge in [0.2, 0.25) is 0 Å². The summed E-state index contributed by atoms with van der Waals surface area (Å²) < 4.78 is 1.85. The first-order valence-corrected chi connectivity index (χ1v) is 12.9. The highest BCUT2D eigenvalue weighted by Crippen LogP contribution is 2.43. The normalized spacial score (nSPS) is 21.4. The summed E-state index contributed by atoms with van der Waals surface area (Å²) in [5.74, 6) is 1.02. The molecule has 2 atom stereocenters. The first kappa shape index (κ1) is 27.5. The Bertz CT molecular complexity index is 1300. The van der Waals surface area contributed by atoms with Crippen LogP contribution < -0.4 is 0 Å². The minimum Gasteiger partial charge on any atom is -0.390 e. The lowest BCUT2D eigenvalue weighted by Gasteiger charge is -2.44. The van der Waals surface area contributed by atoms with Crippen molar-refractivity contribution >= 4 is 22.8 Å². The average Bonchev–Trinajstić information content (AvgIpc) is 3.20. The molecule has 36 heavy (non-hydrogen) atoms. The van der Waals surface area contributed by atoms with E-state index in [1.54, 1.807) is 0 Å². The van der Waals surface area contributed by atoms with Crippen molar-refractivity contribution < 1.29 is 5.11 Å². The molecule has 2 unspecified atom stereocenters. The topological polar surface area (TPSA) is 63.3 Å². The number of nitrogens with zero attached hydrogens (tertiary/aromatic N) is 4.